The molecule has 0 fully saturated rings. The predicted molar refractivity (Wildman–Crippen MR) is 84.3 cm³/mol. The first-order valence-electron chi connectivity index (χ1n) is 6.65. The quantitative estimate of drug-likeness (QED) is 0.580. The van der Waals surface area contributed by atoms with Gasteiger partial charge >= 0.3 is 0 Å². The van der Waals surface area contributed by atoms with E-state index in [4.69, 9.17) is 9.47 Å². The molecule has 120 valence electrons. The molecule has 0 aliphatic heterocycles. The van der Waals surface area contributed by atoms with Crippen molar-refractivity contribution in [1.82, 2.24) is 0 Å². The number of ether oxygens (including phenoxy) is 2. The standard InChI is InChI=1S/C17H16O6/c1-22-15-6-4-10(7-13(15)20)3-5-12(19)17-14(21)8-11(18)9-16(17)23-2/h3-9,18,20-21H,1-2H3. The molecule has 0 aliphatic rings. The Balaban J connectivity index is 2.30. The average Bonchev–Trinajstić information content (AvgIpc) is 2.51. The molecule has 0 aliphatic carbocycles. The van der Waals surface area contributed by atoms with Crippen LogP contribution in [0, 0.1) is 0 Å². The Labute approximate surface area is 132 Å². The van der Waals surface area contributed by atoms with Crippen molar-refractivity contribution in [3.05, 3.63) is 47.5 Å². The maximum Gasteiger partial charge on any atom is 0.193 e. The highest BCUT2D eigenvalue weighted by atomic mass is 16.5. The molecule has 0 atom stereocenters. The van der Waals surface area contributed by atoms with Crippen molar-refractivity contribution in [2.24, 2.45) is 0 Å². The van der Waals surface area contributed by atoms with E-state index in [1.807, 2.05) is 0 Å². The van der Waals surface area contributed by atoms with Crippen molar-refractivity contribution in [3.8, 4) is 28.7 Å². The molecule has 0 unspecified atom stereocenters. The number of aromatic hydroxyl groups is 3. The summed E-state index contributed by atoms with van der Waals surface area (Å²) in [6, 6.07) is 6.97. The molecule has 0 bridgehead atoms. The second kappa shape index (κ2) is 6.74. The van der Waals surface area contributed by atoms with E-state index in [0.29, 0.717) is 11.3 Å². The minimum absolute atomic E-state index is 0.0489. The van der Waals surface area contributed by atoms with Crippen molar-refractivity contribution >= 4 is 11.9 Å². The summed E-state index contributed by atoms with van der Waals surface area (Å²) in [6.45, 7) is 0. The summed E-state index contributed by atoms with van der Waals surface area (Å²) >= 11 is 0. The third-order valence-corrected chi connectivity index (χ3v) is 3.16. The second-order valence-electron chi connectivity index (χ2n) is 4.67. The molecule has 3 N–H and O–H groups in total. The lowest BCUT2D eigenvalue weighted by Gasteiger charge is -2.08. The van der Waals surface area contributed by atoms with Crippen LogP contribution in [-0.2, 0) is 0 Å². The Morgan fingerprint density at radius 2 is 1.65 bits per heavy atom. The van der Waals surface area contributed by atoms with Crippen LogP contribution >= 0.6 is 0 Å². The Bertz CT molecular complexity index is 764. The Hall–Kier alpha value is -3.15. The van der Waals surface area contributed by atoms with Gasteiger partial charge in [0, 0.05) is 12.1 Å². The lowest BCUT2D eigenvalue weighted by Crippen LogP contribution is -1.99. The number of hydrogen-bond donors (Lipinski definition) is 3. The fourth-order valence-corrected chi connectivity index (χ4v) is 2.06. The fourth-order valence-electron chi connectivity index (χ4n) is 2.06. The highest BCUT2D eigenvalue weighted by Crippen LogP contribution is 2.33. The number of benzene rings is 2. The van der Waals surface area contributed by atoms with Crippen LogP contribution in [0.15, 0.2) is 36.4 Å². The zero-order chi connectivity index (χ0) is 17.0. The molecular formula is C17H16O6. The topological polar surface area (TPSA) is 96.2 Å². The average molecular weight is 316 g/mol. The fraction of sp³-hybridized carbons (Fsp3) is 0.118. The Morgan fingerprint density at radius 3 is 2.26 bits per heavy atom. The number of methoxy groups -OCH3 is 2. The molecule has 2 rings (SSSR count). The van der Waals surface area contributed by atoms with E-state index in [1.54, 1.807) is 12.1 Å². The van der Waals surface area contributed by atoms with Crippen LogP contribution in [0.2, 0.25) is 0 Å². The summed E-state index contributed by atoms with van der Waals surface area (Å²) < 4.78 is 9.94. The number of hydrogen-bond acceptors (Lipinski definition) is 6. The molecule has 23 heavy (non-hydrogen) atoms. The molecule has 6 heteroatoms. The van der Waals surface area contributed by atoms with Crippen LogP contribution in [0.4, 0.5) is 0 Å². The van der Waals surface area contributed by atoms with E-state index in [2.05, 4.69) is 0 Å². The third kappa shape index (κ3) is 3.55. The molecule has 6 nitrogen and oxygen atoms in total. The van der Waals surface area contributed by atoms with Gasteiger partial charge in [0.05, 0.1) is 14.2 Å². The van der Waals surface area contributed by atoms with Crippen LogP contribution in [0.3, 0.4) is 0 Å². The van der Waals surface area contributed by atoms with E-state index < -0.39 is 5.78 Å². The number of ketones is 1. The van der Waals surface area contributed by atoms with Gasteiger partial charge in [-0.05, 0) is 23.8 Å². The Kier molecular flexibility index (Phi) is 4.75. The summed E-state index contributed by atoms with van der Waals surface area (Å²) in [5, 5.41) is 28.9. The van der Waals surface area contributed by atoms with Gasteiger partial charge in [0.25, 0.3) is 0 Å². The second-order valence-corrected chi connectivity index (χ2v) is 4.67. The van der Waals surface area contributed by atoms with E-state index in [1.165, 1.54) is 38.5 Å². The van der Waals surface area contributed by atoms with E-state index in [9.17, 15) is 20.1 Å². The summed E-state index contributed by atoms with van der Waals surface area (Å²) in [4.78, 5) is 12.2. The van der Waals surface area contributed by atoms with Gasteiger partial charge in [-0.2, -0.15) is 0 Å². The van der Waals surface area contributed by atoms with Crippen molar-refractivity contribution in [2.45, 2.75) is 0 Å². The normalized spacial score (nSPS) is 10.7. The highest BCUT2D eigenvalue weighted by molar-refractivity contribution is 6.10. The molecule has 0 amide bonds. The molecule has 0 spiro atoms. The Morgan fingerprint density at radius 1 is 0.957 bits per heavy atom. The van der Waals surface area contributed by atoms with Gasteiger partial charge in [0.1, 0.15) is 22.8 Å². The van der Waals surface area contributed by atoms with Crippen molar-refractivity contribution < 1.29 is 29.6 Å². The summed E-state index contributed by atoms with van der Waals surface area (Å²) in [5.74, 6) is -0.753. The summed E-state index contributed by atoms with van der Waals surface area (Å²) in [6.07, 6.45) is 2.71. The van der Waals surface area contributed by atoms with Crippen LogP contribution < -0.4 is 9.47 Å². The van der Waals surface area contributed by atoms with Crippen LogP contribution in [0.25, 0.3) is 6.08 Å². The van der Waals surface area contributed by atoms with Crippen LogP contribution in [0.1, 0.15) is 15.9 Å². The van der Waals surface area contributed by atoms with Gasteiger partial charge in [0.2, 0.25) is 0 Å². The highest BCUT2D eigenvalue weighted by Gasteiger charge is 2.16. The maximum atomic E-state index is 12.2. The van der Waals surface area contributed by atoms with Gasteiger partial charge in [-0.25, -0.2) is 0 Å². The molecular weight excluding hydrogens is 300 g/mol. The smallest absolute Gasteiger partial charge is 0.193 e. The SMILES string of the molecule is COc1ccc(C=CC(=O)c2c(O)cc(O)cc2OC)cc1O. The maximum absolute atomic E-state index is 12.2. The minimum atomic E-state index is -0.505. The zero-order valence-corrected chi connectivity index (χ0v) is 12.6. The lowest BCUT2D eigenvalue weighted by molar-refractivity contribution is 0.104. The van der Waals surface area contributed by atoms with E-state index in [0.717, 1.165) is 6.07 Å². The van der Waals surface area contributed by atoms with Crippen molar-refractivity contribution in [1.29, 1.82) is 0 Å². The molecule has 0 aromatic heterocycles. The number of phenols is 3. The van der Waals surface area contributed by atoms with Crippen LogP contribution in [0.5, 0.6) is 28.7 Å². The van der Waals surface area contributed by atoms with Gasteiger partial charge in [-0.3, -0.25) is 4.79 Å². The first-order valence-corrected chi connectivity index (χ1v) is 6.65. The molecule has 0 saturated carbocycles. The molecule has 0 saturated heterocycles. The first-order chi connectivity index (χ1) is 11.0. The monoisotopic (exact) mass is 316 g/mol. The van der Waals surface area contributed by atoms with Gasteiger partial charge in [-0.1, -0.05) is 12.1 Å². The molecule has 0 heterocycles. The van der Waals surface area contributed by atoms with Gasteiger partial charge < -0.3 is 24.8 Å². The van der Waals surface area contributed by atoms with Crippen molar-refractivity contribution in [2.75, 3.05) is 14.2 Å². The van der Waals surface area contributed by atoms with Crippen molar-refractivity contribution in [3.63, 3.8) is 0 Å². The zero-order valence-electron chi connectivity index (χ0n) is 12.6. The molecule has 0 radical (unpaired) electrons. The lowest BCUT2D eigenvalue weighted by atomic mass is 10.1. The summed E-state index contributed by atoms with van der Waals surface area (Å²) in [7, 11) is 2.77. The van der Waals surface area contributed by atoms with Gasteiger partial charge in [0.15, 0.2) is 17.3 Å². The molecule has 2 aromatic rings. The van der Waals surface area contributed by atoms with E-state index in [-0.39, 0.29) is 28.6 Å². The van der Waals surface area contributed by atoms with E-state index >= 15 is 0 Å². The number of allylic oxidation sites excluding steroid dienone is 1. The number of carbonyl (C=O) groups excluding carboxylic acids is 1. The summed E-state index contributed by atoms with van der Waals surface area (Å²) in [5.41, 5.74) is 0.521. The minimum Gasteiger partial charge on any atom is -0.508 e. The third-order valence-electron chi connectivity index (χ3n) is 3.16. The number of rotatable bonds is 5. The molecule has 2 aromatic carbocycles. The van der Waals surface area contributed by atoms with Crippen LogP contribution in [-0.4, -0.2) is 35.3 Å². The largest absolute Gasteiger partial charge is 0.508 e. The van der Waals surface area contributed by atoms with Gasteiger partial charge in [-0.15, -0.1) is 0 Å². The number of phenolic OH excluding ortho intramolecular Hbond substituents is 3. The number of carbonyl (C=O) groups is 1. The first kappa shape index (κ1) is 16.2. The predicted octanol–water partition coefficient (Wildman–Crippen LogP) is 2.72.